The molecule has 0 atom stereocenters. The van der Waals surface area contributed by atoms with Crippen LogP contribution < -0.4 is 0 Å². The number of benzene rings is 3. The van der Waals surface area contributed by atoms with Gasteiger partial charge >= 0.3 is 0 Å². The molecule has 0 bridgehead atoms. The predicted molar refractivity (Wildman–Crippen MR) is 170 cm³/mol. The van der Waals surface area contributed by atoms with E-state index in [9.17, 15) is 0 Å². The van der Waals surface area contributed by atoms with E-state index < -0.39 is 0 Å². The SMILES string of the molecule is Cc1cc(C)cc(-c2csc3c2-c2c(Br)csc2C2(Sc4ccccc4S2)C32Sc3ccccc3S2)c1. The second-order valence-electron chi connectivity index (χ2n) is 9.55. The molecular weight excluding hydrogens is 633 g/mol. The number of fused-ring (bicyclic) bond motifs is 8. The van der Waals surface area contributed by atoms with E-state index in [1.807, 2.05) is 22.7 Å². The number of thiophene rings is 2. The van der Waals surface area contributed by atoms with E-state index in [4.69, 9.17) is 0 Å². The van der Waals surface area contributed by atoms with Crippen molar-refractivity contribution in [3.8, 4) is 22.3 Å². The first-order chi connectivity index (χ1) is 18.0. The molecule has 3 aliphatic rings. The smallest absolute Gasteiger partial charge is 0.134 e. The van der Waals surface area contributed by atoms with E-state index >= 15 is 0 Å². The van der Waals surface area contributed by atoms with Gasteiger partial charge in [0, 0.05) is 55.9 Å². The van der Waals surface area contributed by atoms with Crippen LogP contribution in [0, 0.1) is 13.8 Å². The zero-order valence-corrected chi connectivity index (χ0v) is 26.3. The van der Waals surface area contributed by atoms with Crippen molar-refractivity contribution >= 4 is 85.7 Å². The van der Waals surface area contributed by atoms with Gasteiger partial charge < -0.3 is 0 Å². The highest BCUT2D eigenvalue weighted by Gasteiger charge is 2.66. The number of halogens is 1. The zero-order valence-electron chi connectivity index (χ0n) is 19.8. The Kier molecular flexibility index (Phi) is 5.45. The summed E-state index contributed by atoms with van der Waals surface area (Å²) in [7, 11) is 0. The van der Waals surface area contributed by atoms with Crippen LogP contribution in [0.2, 0.25) is 0 Å². The highest BCUT2D eigenvalue weighted by molar-refractivity contribution is 9.10. The molecule has 4 heterocycles. The van der Waals surface area contributed by atoms with Crippen LogP contribution in [0.5, 0.6) is 0 Å². The van der Waals surface area contributed by atoms with Gasteiger partial charge in [-0.1, -0.05) is 101 Å². The molecule has 2 spiro atoms. The highest BCUT2D eigenvalue weighted by atomic mass is 79.9. The molecule has 37 heavy (non-hydrogen) atoms. The fraction of sp³-hybridized carbons (Fsp3) is 0.133. The van der Waals surface area contributed by atoms with Gasteiger partial charge in [0.25, 0.3) is 0 Å². The summed E-state index contributed by atoms with van der Waals surface area (Å²) >= 11 is 16.2. The van der Waals surface area contributed by atoms with Gasteiger partial charge in [-0.25, -0.2) is 0 Å². The quantitative estimate of drug-likeness (QED) is 0.177. The highest BCUT2D eigenvalue weighted by Crippen LogP contribution is 2.83. The molecule has 0 N–H and O–H groups in total. The van der Waals surface area contributed by atoms with Gasteiger partial charge in [0.2, 0.25) is 0 Å². The van der Waals surface area contributed by atoms with E-state index in [-0.39, 0.29) is 8.16 Å². The summed E-state index contributed by atoms with van der Waals surface area (Å²) in [5.41, 5.74) is 8.14. The first-order valence-corrected chi connectivity index (χ1v) is 17.7. The summed E-state index contributed by atoms with van der Waals surface area (Å²) in [6, 6.07) is 25.0. The van der Waals surface area contributed by atoms with Crippen LogP contribution in [0.25, 0.3) is 22.3 Å². The molecule has 0 saturated carbocycles. The first-order valence-electron chi connectivity index (χ1n) is 11.9. The Labute approximate surface area is 250 Å². The maximum atomic E-state index is 4.02. The van der Waals surface area contributed by atoms with Gasteiger partial charge in [-0.05, 0) is 65.0 Å². The lowest BCUT2D eigenvalue weighted by Crippen LogP contribution is -2.39. The van der Waals surface area contributed by atoms with Crippen molar-refractivity contribution in [3.63, 3.8) is 0 Å². The average molecular weight is 652 g/mol. The Hall–Kier alpha value is -1.06. The molecule has 3 aromatic carbocycles. The second-order valence-corrected chi connectivity index (χ2v) is 17.7. The minimum atomic E-state index is -0.167. The third kappa shape index (κ3) is 3.25. The molecular formula is C30H19BrS6. The molecule has 2 aromatic heterocycles. The second kappa shape index (κ2) is 8.47. The zero-order chi connectivity index (χ0) is 24.9. The standard InChI is InChI=1S/C30H19BrS6/c1-16-11-17(2)13-18(12-16)19-14-32-27-25(19)26-20(31)15-33-28(26)30(36-23-9-5-6-10-24(23)37-30)29(27)34-21-7-3-4-8-22(21)35-29/h3-15H,1-2H3. The first kappa shape index (κ1) is 23.8. The fourth-order valence-electron chi connectivity index (χ4n) is 5.65. The monoisotopic (exact) mass is 650 g/mol. The van der Waals surface area contributed by atoms with Gasteiger partial charge in [-0.15, -0.1) is 22.7 Å². The van der Waals surface area contributed by atoms with Gasteiger partial charge in [0.1, 0.15) is 8.16 Å². The van der Waals surface area contributed by atoms with E-state index in [1.165, 1.54) is 67.2 Å². The topological polar surface area (TPSA) is 0 Å². The maximum Gasteiger partial charge on any atom is 0.134 e. The van der Waals surface area contributed by atoms with Gasteiger partial charge in [0.15, 0.2) is 0 Å². The Morgan fingerprint density at radius 2 is 1.05 bits per heavy atom. The van der Waals surface area contributed by atoms with Crippen LogP contribution in [0.3, 0.4) is 0 Å². The van der Waals surface area contributed by atoms with E-state index in [1.54, 1.807) is 0 Å². The minimum Gasteiger partial charge on any atom is -0.145 e. The van der Waals surface area contributed by atoms with Crippen molar-refractivity contribution in [2.24, 2.45) is 0 Å². The fourth-order valence-corrected chi connectivity index (χ4v) is 17.0. The Balaban J connectivity index is 1.45. The molecule has 0 amide bonds. The van der Waals surface area contributed by atoms with Crippen molar-refractivity contribution < 1.29 is 0 Å². The summed E-state index contributed by atoms with van der Waals surface area (Å²) in [5, 5.41) is 4.74. The molecule has 1 aliphatic carbocycles. The van der Waals surface area contributed by atoms with Crippen LogP contribution in [-0.2, 0) is 8.16 Å². The number of rotatable bonds is 1. The van der Waals surface area contributed by atoms with Crippen LogP contribution in [-0.4, -0.2) is 0 Å². The lowest BCUT2D eigenvalue weighted by atomic mass is 9.89. The van der Waals surface area contributed by atoms with Crippen molar-refractivity contribution in [2.75, 3.05) is 0 Å². The summed E-state index contributed by atoms with van der Waals surface area (Å²) in [6.45, 7) is 4.42. The van der Waals surface area contributed by atoms with Gasteiger partial charge in [-0.3, -0.25) is 0 Å². The Morgan fingerprint density at radius 1 is 0.595 bits per heavy atom. The molecule has 0 fully saturated rings. The van der Waals surface area contributed by atoms with Gasteiger partial charge in [0.05, 0.1) is 0 Å². The summed E-state index contributed by atoms with van der Waals surface area (Å²) < 4.78 is 0.892. The van der Waals surface area contributed by atoms with Crippen LogP contribution in [0.15, 0.2) is 102 Å². The minimum absolute atomic E-state index is 0.158. The molecule has 0 nitrogen and oxygen atoms in total. The molecule has 0 unspecified atom stereocenters. The van der Waals surface area contributed by atoms with Gasteiger partial charge in [-0.2, -0.15) is 0 Å². The Morgan fingerprint density at radius 3 is 1.57 bits per heavy atom. The van der Waals surface area contributed by atoms with Crippen LogP contribution in [0.4, 0.5) is 0 Å². The summed E-state index contributed by atoms with van der Waals surface area (Å²) in [5.74, 6) is 0. The van der Waals surface area contributed by atoms with Crippen LogP contribution in [0.1, 0.15) is 20.9 Å². The van der Waals surface area contributed by atoms with Crippen LogP contribution >= 0.6 is 85.7 Å². The lowest BCUT2D eigenvalue weighted by molar-refractivity contribution is 0.812. The molecule has 2 aliphatic heterocycles. The number of hydrogen-bond donors (Lipinski definition) is 0. The lowest BCUT2D eigenvalue weighted by Gasteiger charge is -2.46. The third-order valence-corrected chi connectivity index (χ3v) is 18.0. The average Bonchev–Trinajstić information content (AvgIpc) is 3.64. The maximum absolute atomic E-state index is 4.02. The summed E-state index contributed by atoms with van der Waals surface area (Å²) in [4.78, 5) is 8.57. The van der Waals surface area contributed by atoms with Crippen molar-refractivity contribution in [3.05, 3.63) is 103 Å². The van der Waals surface area contributed by atoms with Crippen molar-refractivity contribution in [1.82, 2.24) is 0 Å². The predicted octanol–water partition coefficient (Wildman–Crippen LogP) is 11.6. The number of thioether (sulfide) groups is 4. The third-order valence-electron chi connectivity index (χ3n) is 7.06. The number of hydrogen-bond acceptors (Lipinski definition) is 6. The largest absolute Gasteiger partial charge is 0.145 e. The van der Waals surface area contributed by atoms with E-state index in [0.717, 1.165) is 0 Å². The number of aryl methyl sites for hydroxylation is 2. The van der Waals surface area contributed by atoms with Crippen molar-refractivity contribution in [1.29, 1.82) is 0 Å². The van der Waals surface area contributed by atoms with E-state index in [0.29, 0.717) is 0 Å². The molecule has 5 aromatic rings. The molecule has 182 valence electrons. The molecule has 0 radical (unpaired) electrons. The van der Waals surface area contributed by atoms with Crippen molar-refractivity contribution in [2.45, 2.75) is 41.6 Å². The Bertz CT molecular complexity index is 1670. The summed E-state index contributed by atoms with van der Waals surface area (Å²) in [6.07, 6.45) is 0. The molecule has 0 saturated heterocycles. The normalized spacial score (nSPS) is 17.6. The van der Waals surface area contributed by atoms with E-state index in [2.05, 4.69) is 154 Å². The molecule has 7 heteroatoms. The molecule has 8 rings (SSSR count).